The van der Waals surface area contributed by atoms with Crippen LogP contribution in [0.25, 0.3) is 0 Å². The lowest BCUT2D eigenvalue weighted by Gasteiger charge is -2.39. The molecule has 27 heavy (non-hydrogen) atoms. The zero-order valence-electron chi connectivity index (χ0n) is 17.6. The Morgan fingerprint density at radius 2 is 1.93 bits per heavy atom. The van der Waals surface area contributed by atoms with Crippen molar-refractivity contribution in [3.05, 3.63) is 23.9 Å². The molecular weight excluding hydrogens is 338 g/mol. The molecular formula is C22H35N3O2. The fraction of sp³-hybridized carbons (Fsp3) is 0.727. The molecule has 0 spiro atoms. The Kier molecular flexibility index (Phi) is 6.09. The van der Waals surface area contributed by atoms with Crippen molar-refractivity contribution in [3.63, 3.8) is 0 Å². The van der Waals surface area contributed by atoms with Gasteiger partial charge in [-0.05, 0) is 84.9 Å². The number of nitrogens with zero attached hydrogens (tertiary/aromatic N) is 3. The number of piperidine rings is 1. The molecule has 1 aliphatic heterocycles. The molecule has 1 unspecified atom stereocenters. The second-order valence-electron chi connectivity index (χ2n) is 9.23. The third-order valence-electron chi connectivity index (χ3n) is 5.64. The van der Waals surface area contributed by atoms with Crippen LogP contribution in [-0.4, -0.2) is 40.2 Å². The van der Waals surface area contributed by atoms with Crippen LogP contribution >= 0.6 is 0 Å². The van der Waals surface area contributed by atoms with Gasteiger partial charge in [0.05, 0.1) is 0 Å². The molecule has 1 amide bonds. The fourth-order valence-corrected chi connectivity index (χ4v) is 4.05. The first-order valence-electron chi connectivity index (χ1n) is 10.5. The van der Waals surface area contributed by atoms with E-state index in [4.69, 9.17) is 9.72 Å². The van der Waals surface area contributed by atoms with Gasteiger partial charge in [-0.1, -0.05) is 12.5 Å². The van der Waals surface area contributed by atoms with E-state index in [0.717, 1.165) is 25.8 Å². The first-order chi connectivity index (χ1) is 12.8. The summed E-state index contributed by atoms with van der Waals surface area (Å²) in [4.78, 5) is 21.8. The Balaban J connectivity index is 1.79. The zero-order chi connectivity index (χ0) is 19.6. The van der Waals surface area contributed by atoms with E-state index >= 15 is 0 Å². The summed E-state index contributed by atoms with van der Waals surface area (Å²) in [5.74, 6) is 0.713. The molecule has 0 radical (unpaired) electrons. The van der Waals surface area contributed by atoms with Gasteiger partial charge in [0.1, 0.15) is 11.4 Å². The van der Waals surface area contributed by atoms with Gasteiger partial charge in [0.15, 0.2) is 0 Å². The molecule has 0 bridgehead atoms. The molecule has 0 aromatic carbocycles. The molecule has 2 aliphatic rings. The largest absolute Gasteiger partial charge is 0.443 e. The number of carbonyl (C=O) groups excluding carboxylic acids is 1. The van der Waals surface area contributed by atoms with Gasteiger partial charge >= 0.3 is 6.09 Å². The van der Waals surface area contributed by atoms with Crippen LogP contribution in [0.15, 0.2) is 18.3 Å². The molecule has 1 saturated carbocycles. The number of ether oxygens (including phenoxy) is 1. The standard InChI is InChI=1S/C22H35N3O2/c1-16(2)24-14-7-6-11-19(24)17-12-13-20(23-15-17)25(18-9-8-10-18)21(26)27-22(3,4)5/h12-13,15-16,18-19H,6-11,14H2,1-5H3. The lowest BCUT2D eigenvalue weighted by atomic mass is 9.91. The lowest BCUT2D eigenvalue weighted by Crippen LogP contribution is -2.47. The van der Waals surface area contributed by atoms with Gasteiger partial charge in [-0.3, -0.25) is 9.80 Å². The highest BCUT2D eigenvalue weighted by Crippen LogP contribution is 2.34. The Labute approximate surface area is 164 Å². The molecule has 3 rings (SSSR count). The Morgan fingerprint density at radius 1 is 1.19 bits per heavy atom. The fourth-order valence-electron chi connectivity index (χ4n) is 4.05. The normalized spacial score (nSPS) is 21.8. The first kappa shape index (κ1) is 20.1. The molecule has 1 atom stereocenters. The summed E-state index contributed by atoms with van der Waals surface area (Å²) >= 11 is 0. The minimum atomic E-state index is -0.501. The monoisotopic (exact) mass is 373 g/mol. The summed E-state index contributed by atoms with van der Waals surface area (Å²) in [6.07, 6.45) is 8.60. The average Bonchev–Trinajstić information content (AvgIpc) is 2.56. The van der Waals surface area contributed by atoms with Crippen LogP contribution in [0.4, 0.5) is 10.6 Å². The Hall–Kier alpha value is -1.62. The average molecular weight is 374 g/mol. The summed E-state index contributed by atoms with van der Waals surface area (Å²) in [6.45, 7) is 11.4. The zero-order valence-corrected chi connectivity index (χ0v) is 17.6. The van der Waals surface area contributed by atoms with Crippen LogP contribution in [0.2, 0.25) is 0 Å². The number of amides is 1. The number of rotatable bonds is 4. The number of carbonyl (C=O) groups is 1. The third kappa shape index (κ3) is 4.81. The molecule has 1 aromatic heterocycles. The van der Waals surface area contributed by atoms with Crippen molar-refractivity contribution in [2.45, 2.75) is 96.9 Å². The van der Waals surface area contributed by atoms with E-state index in [-0.39, 0.29) is 12.1 Å². The van der Waals surface area contributed by atoms with Gasteiger partial charge in [0, 0.05) is 24.3 Å². The van der Waals surface area contributed by atoms with Gasteiger partial charge in [-0.25, -0.2) is 9.78 Å². The van der Waals surface area contributed by atoms with E-state index in [2.05, 4.69) is 24.8 Å². The van der Waals surface area contributed by atoms with E-state index in [1.807, 2.05) is 33.0 Å². The molecule has 2 fully saturated rings. The van der Waals surface area contributed by atoms with Crippen LogP contribution in [0, 0.1) is 0 Å². The van der Waals surface area contributed by atoms with E-state index < -0.39 is 5.60 Å². The Morgan fingerprint density at radius 3 is 2.44 bits per heavy atom. The molecule has 1 aliphatic carbocycles. The van der Waals surface area contributed by atoms with E-state index in [1.165, 1.54) is 24.8 Å². The summed E-state index contributed by atoms with van der Waals surface area (Å²) in [5.41, 5.74) is 0.753. The molecule has 1 saturated heterocycles. The third-order valence-corrected chi connectivity index (χ3v) is 5.64. The van der Waals surface area contributed by atoms with Gasteiger partial charge in [0.25, 0.3) is 0 Å². The summed E-state index contributed by atoms with van der Waals surface area (Å²) in [7, 11) is 0. The maximum Gasteiger partial charge on any atom is 0.416 e. The van der Waals surface area contributed by atoms with Crippen LogP contribution < -0.4 is 4.90 Å². The van der Waals surface area contributed by atoms with Crippen LogP contribution in [0.5, 0.6) is 0 Å². The number of anilines is 1. The quantitative estimate of drug-likeness (QED) is 0.717. The highest BCUT2D eigenvalue weighted by Gasteiger charge is 2.34. The maximum atomic E-state index is 12.8. The molecule has 0 N–H and O–H groups in total. The Bertz CT molecular complexity index is 632. The first-order valence-corrected chi connectivity index (χ1v) is 10.5. The second kappa shape index (κ2) is 8.17. The lowest BCUT2D eigenvalue weighted by molar-refractivity contribution is 0.0548. The van der Waals surface area contributed by atoms with Crippen molar-refractivity contribution >= 4 is 11.9 Å². The van der Waals surface area contributed by atoms with Crippen molar-refractivity contribution < 1.29 is 9.53 Å². The number of pyridine rings is 1. The smallest absolute Gasteiger partial charge is 0.416 e. The predicted octanol–water partition coefficient (Wildman–Crippen LogP) is 5.31. The molecule has 1 aromatic rings. The maximum absolute atomic E-state index is 12.8. The minimum Gasteiger partial charge on any atom is -0.443 e. The van der Waals surface area contributed by atoms with Crippen LogP contribution in [0.1, 0.15) is 84.7 Å². The topological polar surface area (TPSA) is 45.7 Å². The summed E-state index contributed by atoms with van der Waals surface area (Å²) in [6, 6.07) is 5.33. The van der Waals surface area contributed by atoms with Crippen LogP contribution in [-0.2, 0) is 4.74 Å². The highest BCUT2D eigenvalue weighted by molar-refractivity contribution is 5.87. The van der Waals surface area contributed by atoms with E-state index in [0.29, 0.717) is 17.9 Å². The van der Waals surface area contributed by atoms with Crippen molar-refractivity contribution in [1.82, 2.24) is 9.88 Å². The molecule has 5 heteroatoms. The number of aromatic nitrogens is 1. The van der Waals surface area contributed by atoms with Crippen LogP contribution in [0.3, 0.4) is 0 Å². The van der Waals surface area contributed by atoms with E-state index in [1.54, 1.807) is 4.90 Å². The van der Waals surface area contributed by atoms with Crippen molar-refractivity contribution in [2.24, 2.45) is 0 Å². The van der Waals surface area contributed by atoms with Gasteiger partial charge in [0.2, 0.25) is 0 Å². The van der Waals surface area contributed by atoms with Gasteiger partial charge in [-0.15, -0.1) is 0 Å². The second-order valence-corrected chi connectivity index (χ2v) is 9.23. The van der Waals surface area contributed by atoms with Gasteiger partial charge < -0.3 is 4.74 Å². The number of hydrogen-bond donors (Lipinski definition) is 0. The summed E-state index contributed by atoms with van der Waals surface area (Å²) in [5, 5.41) is 0. The minimum absolute atomic E-state index is 0.208. The SMILES string of the molecule is CC(C)N1CCCCC1c1ccc(N(C(=O)OC(C)(C)C)C2CCC2)nc1. The van der Waals surface area contributed by atoms with Crippen molar-refractivity contribution in [1.29, 1.82) is 0 Å². The van der Waals surface area contributed by atoms with Gasteiger partial charge in [-0.2, -0.15) is 0 Å². The van der Waals surface area contributed by atoms with Crippen molar-refractivity contribution in [3.8, 4) is 0 Å². The number of likely N-dealkylation sites (tertiary alicyclic amines) is 1. The number of hydrogen-bond acceptors (Lipinski definition) is 4. The predicted molar refractivity (Wildman–Crippen MR) is 109 cm³/mol. The molecule has 2 heterocycles. The molecule has 5 nitrogen and oxygen atoms in total. The van der Waals surface area contributed by atoms with E-state index in [9.17, 15) is 4.79 Å². The summed E-state index contributed by atoms with van der Waals surface area (Å²) < 4.78 is 5.64. The highest BCUT2D eigenvalue weighted by atomic mass is 16.6. The molecule has 150 valence electrons. The van der Waals surface area contributed by atoms with Crippen molar-refractivity contribution in [2.75, 3.05) is 11.4 Å².